The molecule has 0 saturated heterocycles. The minimum atomic E-state index is -0.746. The van der Waals surface area contributed by atoms with Crippen LogP contribution in [0.15, 0.2) is 18.2 Å². The summed E-state index contributed by atoms with van der Waals surface area (Å²) in [5, 5.41) is 9.82. The number of hydrogen-bond acceptors (Lipinski definition) is 3. The van der Waals surface area contributed by atoms with Gasteiger partial charge in [0, 0.05) is 6.54 Å². The maximum Gasteiger partial charge on any atom is 0.122 e. The highest BCUT2D eigenvalue weighted by Crippen LogP contribution is 2.27. The molecule has 1 aromatic rings. The predicted molar refractivity (Wildman–Crippen MR) is 88.9 cm³/mol. The highest BCUT2D eigenvalue weighted by molar-refractivity contribution is 5.38. The predicted octanol–water partition coefficient (Wildman–Crippen LogP) is 3.55. The molecule has 0 heterocycles. The molecule has 3 N–H and O–H groups in total. The average Bonchev–Trinajstić information content (AvgIpc) is 2.38. The molecule has 0 radical (unpaired) electrons. The van der Waals surface area contributed by atoms with Crippen LogP contribution in [-0.2, 0) is 5.41 Å². The number of rotatable bonds is 7. The Bertz CT molecular complexity index is 447. The molecule has 0 aromatic heterocycles. The zero-order valence-electron chi connectivity index (χ0n) is 14.2. The zero-order valence-corrected chi connectivity index (χ0v) is 14.2. The summed E-state index contributed by atoms with van der Waals surface area (Å²) in [4.78, 5) is 0. The van der Waals surface area contributed by atoms with Crippen LogP contribution in [-0.4, -0.2) is 23.9 Å². The van der Waals surface area contributed by atoms with Crippen LogP contribution in [0.4, 0.5) is 0 Å². The molecule has 120 valence electrons. The maximum atomic E-state index is 9.82. The number of aryl methyl sites for hydroxylation is 1. The third-order valence-corrected chi connectivity index (χ3v) is 3.85. The Kier molecular flexibility index (Phi) is 6.24. The van der Waals surface area contributed by atoms with E-state index in [1.54, 1.807) is 6.92 Å². The Labute approximate surface area is 129 Å². The molecule has 1 unspecified atom stereocenters. The highest BCUT2D eigenvalue weighted by atomic mass is 16.5. The Hall–Kier alpha value is -1.06. The van der Waals surface area contributed by atoms with E-state index < -0.39 is 5.60 Å². The molecule has 0 bridgehead atoms. The first-order valence-corrected chi connectivity index (χ1v) is 7.82. The van der Waals surface area contributed by atoms with Crippen molar-refractivity contribution in [1.29, 1.82) is 0 Å². The highest BCUT2D eigenvalue weighted by Gasteiger charge is 2.17. The Morgan fingerprint density at radius 3 is 2.33 bits per heavy atom. The summed E-state index contributed by atoms with van der Waals surface area (Å²) in [5.41, 5.74) is 7.42. The molecule has 3 nitrogen and oxygen atoms in total. The van der Waals surface area contributed by atoms with Gasteiger partial charge in [-0.15, -0.1) is 0 Å². The Morgan fingerprint density at radius 2 is 1.81 bits per heavy atom. The van der Waals surface area contributed by atoms with Gasteiger partial charge in [0.2, 0.25) is 0 Å². The van der Waals surface area contributed by atoms with Crippen LogP contribution in [0.25, 0.3) is 0 Å². The molecule has 1 atom stereocenters. The molecule has 0 saturated carbocycles. The summed E-state index contributed by atoms with van der Waals surface area (Å²) in [6, 6.07) is 6.40. The van der Waals surface area contributed by atoms with Gasteiger partial charge in [0.25, 0.3) is 0 Å². The fourth-order valence-electron chi connectivity index (χ4n) is 2.17. The van der Waals surface area contributed by atoms with Crippen LogP contribution in [0, 0.1) is 6.92 Å². The van der Waals surface area contributed by atoms with Gasteiger partial charge in [0.15, 0.2) is 0 Å². The summed E-state index contributed by atoms with van der Waals surface area (Å²) >= 11 is 0. The van der Waals surface area contributed by atoms with Crippen LogP contribution in [0.5, 0.6) is 5.75 Å². The fraction of sp³-hybridized carbons (Fsp3) is 0.667. The van der Waals surface area contributed by atoms with Gasteiger partial charge >= 0.3 is 0 Å². The van der Waals surface area contributed by atoms with E-state index in [1.807, 2.05) is 0 Å². The molecule has 0 spiro atoms. The fourth-order valence-corrected chi connectivity index (χ4v) is 2.17. The van der Waals surface area contributed by atoms with Crippen LogP contribution in [0.3, 0.4) is 0 Å². The third kappa shape index (κ3) is 6.06. The number of unbranched alkanes of at least 4 members (excludes halogenated alkanes) is 1. The summed E-state index contributed by atoms with van der Waals surface area (Å²) in [6.07, 6.45) is 2.56. The summed E-state index contributed by atoms with van der Waals surface area (Å²) in [5.74, 6) is 0.952. The van der Waals surface area contributed by atoms with Gasteiger partial charge in [0.1, 0.15) is 5.75 Å². The van der Waals surface area contributed by atoms with E-state index in [2.05, 4.69) is 45.9 Å². The number of benzene rings is 1. The van der Waals surface area contributed by atoms with E-state index in [-0.39, 0.29) is 5.41 Å². The molecule has 0 amide bonds. The number of nitrogens with two attached hydrogens (primary N) is 1. The van der Waals surface area contributed by atoms with Gasteiger partial charge in [-0.1, -0.05) is 32.9 Å². The van der Waals surface area contributed by atoms with Gasteiger partial charge in [-0.3, -0.25) is 0 Å². The molecule has 0 aliphatic carbocycles. The lowest BCUT2D eigenvalue weighted by molar-refractivity contribution is 0.0562. The van der Waals surface area contributed by atoms with Crippen molar-refractivity contribution in [1.82, 2.24) is 0 Å². The van der Waals surface area contributed by atoms with Crippen LogP contribution in [0.1, 0.15) is 58.1 Å². The van der Waals surface area contributed by atoms with E-state index >= 15 is 0 Å². The number of ether oxygens (including phenoxy) is 1. The van der Waals surface area contributed by atoms with Crippen molar-refractivity contribution < 1.29 is 9.84 Å². The van der Waals surface area contributed by atoms with E-state index in [0.717, 1.165) is 25.0 Å². The maximum absolute atomic E-state index is 9.82. The smallest absolute Gasteiger partial charge is 0.122 e. The lowest BCUT2D eigenvalue weighted by Gasteiger charge is -2.21. The van der Waals surface area contributed by atoms with Crippen molar-refractivity contribution >= 4 is 0 Å². The van der Waals surface area contributed by atoms with Gasteiger partial charge in [-0.2, -0.15) is 0 Å². The monoisotopic (exact) mass is 293 g/mol. The second kappa shape index (κ2) is 7.28. The Balaban J connectivity index is 2.43. The minimum absolute atomic E-state index is 0.164. The first-order valence-electron chi connectivity index (χ1n) is 7.82. The molecule has 21 heavy (non-hydrogen) atoms. The quantitative estimate of drug-likeness (QED) is 0.756. The molecule has 0 fully saturated rings. The molecule has 1 rings (SSSR count). The van der Waals surface area contributed by atoms with Gasteiger partial charge in [-0.05, 0) is 55.7 Å². The number of hydrogen-bond donors (Lipinski definition) is 2. The summed E-state index contributed by atoms with van der Waals surface area (Å²) in [6.45, 7) is 11.5. The largest absolute Gasteiger partial charge is 0.493 e. The van der Waals surface area contributed by atoms with Crippen molar-refractivity contribution in [2.45, 2.75) is 64.9 Å². The first-order chi connectivity index (χ1) is 9.65. The molecule has 1 aromatic carbocycles. The van der Waals surface area contributed by atoms with Gasteiger partial charge < -0.3 is 15.6 Å². The second-order valence-electron chi connectivity index (χ2n) is 7.24. The molecular formula is C18H31NO2. The standard InChI is InChI=1S/C18H31NO2/c1-14-12-15(17(2,3)4)8-9-16(14)21-11-7-6-10-18(5,20)13-19/h8-9,12,20H,6-7,10-11,13,19H2,1-5H3. The second-order valence-corrected chi connectivity index (χ2v) is 7.24. The van der Waals surface area contributed by atoms with E-state index in [4.69, 9.17) is 10.5 Å². The normalized spacial score (nSPS) is 14.8. The number of aliphatic hydroxyl groups is 1. The summed E-state index contributed by atoms with van der Waals surface area (Å²) in [7, 11) is 0. The molecule has 0 aliphatic heterocycles. The van der Waals surface area contributed by atoms with Crippen LogP contribution >= 0.6 is 0 Å². The topological polar surface area (TPSA) is 55.5 Å². The van der Waals surface area contributed by atoms with Crippen molar-refractivity contribution in [3.05, 3.63) is 29.3 Å². The third-order valence-electron chi connectivity index (χ3n) is 3.85. The van der Waals surface area contributed by atoms with E-state index in [0.29, 0.717) is 13.2 Å². The minimum Gasteiger partial charge on any atom is -0.493 e. The molecule has 0 aliphatic rings. The van der Waals surface area contributed by atoms with Crippen molar-refractivity contribution in [3.63, 3.8) is 0 Å². The van der Waals surface area contributed by atoms with Gasteiger partial charge in [-0.25, -0.2) is 0 Å². The van der Waals surface area contributed by atoms with Gasteiger partial charge in [0.05, 0.1) is 12.2 Å². The van der Waals surface area contributed by atoms with Crippen molar-refractivity contribution in [2.75, 3.05) is 13.2 Å². The van der Waals surface area contributed by atoms with Crippen LogP contribution < -0.4 is 10.5 Å². The van der Waals surface area contributed by atoms with Crippen molar-refractivity contribution in [3.8, 4) is 5.75 Å². The lowest BCUT2D eigenvalue weighted by atomic mass is 9.86. The van der Waals surface area contributed by atoms with E-state index in [9.17, 15) is 5.11 Å². The Morgan fingerprint density at radius 1 is 1.14 bits per heavy atom. The zero-order chi connectivity index (χ0) is 16.1. The molecular weight excluding hydrogens is 262 g/mol. The van der Waals surface area contributed by atoms with Crippen LogP contribution in [0.2, 0.25) is 0 Å². The SMILES string of the molecule is Cc1cc(C(C)(C)C)ccc1OCCCCC(C)(O)CN. The van der Waals surface area contributed by atoms with Crippen molar-refractivity contribution in [2.24, 2.45) is 5.73 Å². The lowest BCUT2D eigenvalue weighted by Crippen LogP contribution is -2.33. The molecule has 3 heteroatoms. The first kappa shape index (κ1) is 18.0. The summed E-state index contributed by atoms with van der Waals surface area (Å²) < 4.78 is 5.84. The average molecular weight is 293 g/mol. The van der Waals surface area contributed by atoms with E-state index in [1.165, 1.54) is 11.1 Å².